The Hall–Kier alpha value is -1.50. The molecule has 1 aliphatic heterocycles. The predicted molar refractivity (Wildman–Crippen MR) is 108 cm³/mol. The van der Waals surface area contributed by atoms with Gasteiger partial charge in [0.25, 0.3) is 0 Å². The Labute approximate surface area is 164 Å². The quantitative estimate of drug-likeness (QED) is 0.564. The molecule has 0 spiro atoms. The Balaban J connectivity index is 1.78. The van der Waals surface area contributed by atoms with Crippen LogP contribution in [-0.4, -0.2) is 68.5 Å². The predicted octanol–water partition coefficient (Wildman–Crippen LogP) is 2.47. The highest BCUT2D eigenvalue weighted by Gasteiger charge is 2.59. The highest BCUT2D eigenvalue weighted by atomic mass is 16.6. The first kappa shape index (κ1) is 21.8. The van der Waals surface area contributed by atoms with Crippen LogP contribution in [0.5, 0.6) is 0 Å². The first-order valence-corrected chi connectivity index (χ1v) is 9.98. The minimum Gasteiger partial charge on any atom is -0.444 e. The number of guanidine groups is 1. The molecule has 4 atom stereocenters. The first-order chi connectivity index (χ1) is 12.5. The van der Waals surface area contributed by atoms with E-state index in [1.165, 1.54) is 0 Å². The van der Waals surface area contributed by atoms with Gasteiger partial charge in [-0.05, 0) is 33.1 Å². The number of carbonyl (C=O) groups is 1. The van der Waals surface area contributed by atoms with Gasteiger partial charge in [0.1, 0.15) is 5.60 Å². The molecule has 0 aromatic carbocycles. The van der Waals surface area contributed by atoms with Gasteiger partial charge in [0.05, 0.1) is 6.10 Å². The summed E-state index contributed by atoms with van der Waals surface area (Å²) in [4.78, 5) is 18.1. The average molecular weight is 383 g/mol. The molecule has 0 radical (unpaired) electrons. The number of nitrogens with one attached hydrogen (secondary N) is 2. The van der Waals surface area contributed by atoms with Crippen LogP contribution in [0, 0.1) is 17.3 Å². The van der Waals surface area contributed by atoms with Crippen LogP contribution in [0.3, 0.4) is 0 Å². The lowest BCUT2D eigenvalue weighted by atomic mass is 9.57. The summed E-state index contributed by atoms with van der Waals surface area (Å²) < 4.78 is 11.3. The topological polar surface area (TPSA) is 75.2 Å². The van der Waals surface area contributed by atoms with Crippen molar-refractivity contribution in [1.29, 1.82) is 0 Å². The Morgan fingerprint density at radius 2 is 2.07 bits per heavy atom. The lowest BCUT2D eigenvalue weighted by Crippen LogP contribution is -2.68. The summed E-state index contributed by atoms with van der Waals surface area (Å²) in [7, 11) is 3.57. The van der Waals surface area contributed by atoms with E-state index in [9.17, 15) is 4.79 Å². The van der Waals surface area contributed by atoms with E-state index >= 15 is 0 Å². The second-order valence-electron chi connectivity index (χ2n) is 9.61. The van der Waals surface area contributed by atoms with Gasteiger partial charge in [-0.2, -0.15) is 0 Å². The van der Waals surface area contributed by atoms with Gasteiger partial charge in [-0.25, -0.2) is 4.79 Å². The fourth-order valence-corrected chi connectivity index (χ4v) is 4.18. The smallest absolute Gasteiger partial charge is 0.410 e. The molecule has 2 N–H and O–H groups in total. The Kier molecular flexibility index (Phi) is 6.66. The standard InChI is InChI=1S/C20H38N4O3/c1-13(12-24(8)18(25)27-19(2,3)4)11-22-17(21-7)23-15-14-9-10-26-16(14)20(15,5)6/h13-16H,9-12H2,1-8H3,(H2,21,22,23). The molecule has 0 aromatic heterocycles. The largest absolute Gasteiger partial charge is 0.444 e. The number of nitrogens with zero attached hydrogens (tertiary/aromatic N) is 2. The molecule has 0 aromatic rings. The van der Waals surface area contributed by atoms with Gasteiger partial charge in [0.2, 0.25) is 0 Å². The molecule has 1 amide bonds. The van der Waals surface area contributed by atoms with Gasteiger partial charge in [0.15, 0.2) is 5.96 Å². The summed E-state index contributed by atoms with van der Waals surface area (Å²) in [6.07, 6.45) is 1.18. The van der Waals surface area contributed by atoms with Crippen molar-refractivity contribution in [1.82, 2.24) is 15.5 Å². The minimum atomic E-state index is -0.476. The normalized spacial score (nSPS) is 28.0. The fraction of sp³-hybridized carbons (Fsp3) is 0.900. The molecule has 1 heterocycles. The molecule has 27 heavy (non-hydrogen) atoms. The van der Waals surface area contributed by atoms with E-state index in [0.29, 0.717) is 24.6 Å². The zero-order chi connectivity index (χ0) is 20.4. The van der Waals surface area contributed by atoms with Crippen molar-refractivity contribution < 1.29 is 14.3 Å². The summed E-state index contributed by atoms with van der Waals surface area (Å²) in [6, 6.07) is 0.371. The molecule has 1 saturated heterocycles. The lowest BCUT2D eigenvalue weighted by Gasteiger charge is -2.54. The Bertz CT molecular complexity index is 556. The minimum absolute atomic E-state index is 0.112. The Morgan fingerprint density at radius 1 is 1.41 bits per heavy atom. The maximum atomic E-state index is 12.1. The van der Waals surface area contributed by atoms with Gasteiger partial charge in [0, 0.05) is 51.2 Å². The lowest BCUT2D eigenvalue weighted by molar-refractivity contribution is -0.106. The molecular weight excluding hydrogens is 344 g/mol. The van der Waals surface area contributed by atoms with Gasteiger partial charge in [-0.3, -0.25) is 4.99 Å². The molecule has 0 bridgehead atoms. The number of aliphatic imine (C=N–C) groups is 1. The number of carbonyl (C=O) groups excluding carboxylic acids is 1. The number of hydrogen-bond donors (Lipinski definition) is 2. The van der Waals surface area contributed by atoms with Gasteiger partial charge < -0.3 is 25.0 Å². The third kappa shape index (κ3) is 5.27. The van der Waals surface area contributed by atoms with Crippen LogP contribution in [0.4, 0.5) is 4.79 Å². The maximum Gasteiger partial charge on any atom is 0.410 e. The summed E-state index contributed by atoms with van der Waals surface area (Å²) in [5.74, 6) is 1.64. The molecule has 2 rings (SSSR count). The van der Waals surface area contributed by atoms with Crippen LogP contribution in [0.2, 0.25) is 0 Å². The number of fused-ring (bicyclic) bond motifs is 1. The van der Waals surface area contributed by atoms with Crippen molar-refractivity contribution in [3.63, 3.8) is 0 Å². The second-order valence-corrected chi connectivity index (χ2v) is 9.61. The molecular formula is C20H38N4O3. The van der Waals surface area contributed by atoms with E-state index in [0.717, 1.165) is 25.5 Å². The number of ether oxygens (including phenoxy) is 2. The van der Waals surface area contributed by atoms with Gasteiger partial charge >= 0.3 is 6.09 Å². The van der Waals surface area contributed by atoms with E-state index in [-0.39, 0.29) is 17.4 Å². The van der Waals surface area contributed by atoms with E-state index < -0.39 is 5.60 Å². The third-order valence-corrected chi connectivity index (χ3v) is 5.52. The van der Waals surface area contributed by atoms with Crippen LogP contribution in [-0.2, 0) is 9.47 Å². The number of rotatable bonds is 5. The van der Waals surface area contributed by atoms with Crippen LogP contribution in [0.15, 0.2) is 4.99 Å². The molecule has 156 valence electrons. The molecule has 1 aliphatic carbocycles. The SMILES string of the molecule is CN=C(NCC(C)CN(C)C(=O)OC(C)(C)C)NC1C2CCOC2C1(C)C. The number of hydrogen-bond acceptors (Lipinski definition) is 4. The first-order valence-electron chi connectivity index (χ1n) is 9.98. The Morgan fingerprint density at radius 3 is 2.67 bits per heavy atom. The van der Waals surface area contributed by atoms with Crippen molar-refractivity contribution in [3.05, 3.63) is 0 Å². The summed E-state index contributed by atoms with van der Waals surface area (Å²) in [6.45, 7) is 14.4. The number of amides is 1. The van der Waals surface area contributed by atoms with Crippen LogP contribution < -0.4 is 10.6 Å². The van der Waals surface area contributed by atoms with E-state index in [1.807, 2.05) is 20.8 Å². The molecule has 4 unspecified atom stereocenters. The van der Waals surface area contributed by atoms with Crippen molar-refractivity contribution >= 4 is 12.1 Å². The fourth-order valence-electron chi connectivity index (χ4n) is 4.18. The zero-order valence-electron chi connectivity index (χ0n) is 18.3. The molecule has 7 heteroatoms. The summed E-state index contributed by atoms with van der Waals surface area (Å²) in [5.41, 5.74) is -0.364. The summed E-state index contributed by atoms with van der Waals surface area (Å²) in [5, 5.41) is 6.98. The monoisotopic (exact) mass is 382 g/mol. The maximum absolute atomic E-state index is 12.1. The highest BCUT2D eigenvalue weighted by molar-refractivity contribution is 5.80. The molecule has 2 fully saturated rings. The van der Waals surface area contributed by atoms with E-state index in [4.69, 9.17) is 9.47 Å². The third-order valence-electron chi connectivity index (χ3n) is 5.52. The van der Waals surface area contributed by atoms with Crippen molar-refractivity contribution in [2.75, 3.05) is 33.8 Å². The van der Waals surface area contributed by atoms with Gasteiger partial charge in [-0.1, -0.05) is 20.8 Å². The molecule has 7 nitrogen and oxygen atoms in total. The highest BCUT2D eigenvalue weighted by Crippen LogP contribution is 2.52. The summed E-state index contributed by atoms with van der Waals surface area (Å²) >= 11 is 0. The van der Waals surface area contributed by atoms with Crippen molar-refractivity contribution in [2.24, 2.45) is 22.2 Å². The van der Waals surface area contributed by atoms with Crippen LogP contribution in [0.1, 0.15) is 48.0 Å². The van der Waals surface area contributed by atoms with Crippen molar-refractivity contribution in [2.45, 2.75) is 65.7 Å². The molecule has 1 saturated carbocycles. The zero-order valence-corrected chi connectivity index (χ0v) is 18.3. The van der Waals surface area contributed by atoms with Crippen LogP contribution in [0.25, 0.3) is 0 Å². The van der Waals surface area contributed by atoms with Gasteiger partial charge in [-0.15, -0.1) is 0 Å². The van der Waals surface area contributed by atoms with Crippen LogP contribution >= 0.6 is 0 Å². The van der Waals surface area contributed by atoms with E-state index in [2.05, 4.69) is 36.4 Å². The average Bonchev–Trinajstić information content (AvgIpc) is 3.00. The second kappa shape index (κ2) is 8.25. The van der Waals surface area contributed by atoms with Crippen molar-refractivity contribution in [3.8, 4) is 0 Å². The van der Waals surface area contributed by atoms with E-state index in [1.54, 1.807) is 19.0 Å². The molecule has 2 aliphatic rings.